The fourth-order valence-corrected chi connectivity index (χ4v) is 1.56. The van der Waals surface area contributed by atoms with Gasteiger partial charge < -0.3 is 9.84 Å². The van der Waals surface area contributed by atoms with Gasteiger partial charge in [0.15, 0.2) is 0 Å². The number of aliphatic hydroxyl groups excluding tert-OH is 1. The number of hydrogen-bond donors (Lipinski definition) is 1. The summed E-state index contributed by atoms with van der Waals surface area (Å²) in [7, 11) is 1.56. The number of ether oxygens (including phenoxy) is 1. The van der Waals surface area contributed by atoms with Gasteiger partial charge in [-0.1, -0.05) is 11.6 Å². The van der Waals surface area contributed by atoms with Crippen molar-refractivity contribution < 1.29 is 9.84 Å². The van der Waals surface area contributed by atoms with Crippen LogP contribution in [0.5, 0.6) is 5.88 Å². The van der Waals surface area contributed by atoms with Gasteiger partial charge in [0, 0.05) is 6.07 Å². The van der Waals surface area contributed by atoms with Gasteiger partial charge in [0.25, 0.3) is 0 Å². The predicted octanol–water partition coefficient (Wildman–Crippen LogP) is 2.15. The molecular formula is C9H13NO2S. The minimum atomic E-state index is -0.564. The highest BCUT2D eigenvalue weighted by atomic mass is 32.1. The zero-order valence-corrected chi connectivity index (χ0v) is 8.76. The van der Waals surface area contributed by atoms with Gasteiger partial charge in [-0.3, -0.25) is 0 Å². The van der Waals surface area contributed by atoms with E-state index in [-0.39, 0.29) is 0 Å². The second-order valence-electron chi connectivity index (χ2n) is 2.96. The predicted molar refractivity (Wildman–Crippen MR) is 53.1 cm³/mol. The average molecular weight is 199 g/mol. The van der Waals surface area contributed by atoms with Gasteiger partial charge in [-0.05, 0) is 25.4 Å². The van der Waals surface area contributed by atoms with E-state index in [4.69, 9.17) is 4.74 Å². The fraction of sp³-hybridized carbons (Fsp3) is 0.444. The number of allylic oxidation sites excluding steroid dienone is 1. The molecule has 0 bridgehead atoms. The molecule has 1 rings (SSSR count). The third kappa shape index (κ3) is 2.82. The fourth-order valence-electron chi connectivity index (χ4n) is 0.906. The minimum absolute atomic E-state index is 0.557. The highest BCUT2D eigenvalue weighted by Gasteiger charge is 2.08. The normalized spacial score (nSPS) is 12.3. The topological polar surface area (TPSA) is 42.4 Å². The molecule has 0 fully saturated rings. The first-order chi connectivity index (χ1) is 6.13. The van der Waals surface area contributed by atoms with Crippen LogP contribution in [0.25, 0.3) is 0 Å². The van der Waals surface area contributed by atoms with E-state index in [0.29, 0.717) is 5.88 Å². The summed E-state index contributed by atoms with van der Waals surface area (Å²) in [4.78, 5) is 0.804. The molecule has 1 heterocycles. The van der Waals surface area contributed by atoms with Crippen LogP contribution < -0.4 is 4.74 Å². The molecule has 0 amide bonds. The number of hydrogen-bond acceptors (Lipinski definition) is 4. The highest BCUT2D eigenvalue weighted by molar-refractivity contribution is 7.06. The van der Waals surface area contributed by atoms with E-state index in [1.54, 1.807) is 19.3 Å². The van der Waals surface area contributed by atoms with Gasteiger partial charge in [0.2, 0.25) is 5.88 Å². The van der Waals surface area contributed by atoms with Gasteiger partial charge in [-0.2, -0.15) is 4.37 Å². The lowest BCUT2D eigenvalue weighted by Crippen LogP contribution is -1.89. The second kappa shape index (κ2) is 4.39. The summed E-state index contributed by atoms with van der Waals surface area (Å²) in [5.74, 6) is 0.557. The molecule has 0 saturated carbocycles. The van der Waals surface area contributed by atoms with Crippen molar-refractivity contribution in [3.8, 4) is 5.88 Å². The van der Waals surface area contributed by atoms with E-state index < -0.39 is 6.10 Å². The van der Waals surface area contributed by atoms with Crippen LogP contribution >= 0.6 is 11.5 Å². The lowest BCUT2D eigenvalue weighted by atomic mass is 10.2. The first-order valence-corrected chi connectivity index (χ1v) is 4.74. The summed E-state index contributed by atoms with van der Waals surface area (Å²) >= 11 is 1.25. The lowest BCUT2D eigenvalue weighted by Gasteiger charge is -2.00. The molecule has 1 aromatic heterocycles. The van der Waals surface area contributed by atoms with Crippen molar-refractivity contribution in [1.29, 1.82) is 0 Å². The molecule has 1 aromatic rings. The lowest BCUT2D eigenvalue weighted by molar-refractivity contribution is 0.231. The largest absolute Gasteiger partial charge is 0.480 e. The summed E-state index contributed by atoms with van der Waals surface area (Å²) in [5, 5.41) is 9.64. The van der Waals surface area contributed by atoms with E-state index in [1.165, 1.54) is 11.5 Å². The molecule has 0 spiro atoms. The van der Waals surface area contributed by atoms with Gasteiger partial charge in [-0.25, -0.2) is 0 Å². The Hall–Kier alpha value is -0.870. The van der Waals surface area contributed by atoms with Crippen LogP contribution in [0.2, 0.25) is 0 Å². The molecule has 4 heteroatoms. The quantitative estimate of drug-likeness (QED) is 0.758. The Morgan fingerprint density at radius 3 is 2.85 bits per heavy atom. The molecule has 3 nitrogen and oxygen atoms in total. The SMILES string of the molecule is COc1cc(C(O)C=C(C)C)sn1. The Kier molecular flexibility index (Phi) is 3.45. The van der Waals surface area contributed by atoms with Crippen LogP contribution in [-0.2, 0) is 0 Å². The molecule has 1 unspecified atom stereocenters. The van der Waals surface area contributed by atoms with E-state index in [0.717, 1.165) is 10.5 Å². The third-order valence-electron chi connectivity index (χ3n) is 1.50. The number of rotatable bonds is 3. The Bertz CT molecular complexity index is 302. The van der Waals surface area contributed by atoms with E-state index in [2.05, 4.69) is 4.37 Å². The molecule has 1 N–H and O–H groups in total. The van der Waals surface area contributed by atoms with Crippen molar-refractivity contribution in [3.63, 3.8) is 0 Å². The molecule has 72 valence electrons. The van der Waals surface area contributed by atoms with Crippen LogP contribution in [0.15, 0.2) is 17.7 Å². The third-order valence-corrected chi connectivity index (χ3v) is 2.34. The molecule has 0 aliphatic heterocycles. The molecule has 13 heavy (non-hydrogen) atoms. The number of aliphatic hydroxyl groups is 1. The highest BCUT2D eigenvalue weighted by Crippen LogP contribution is 2.24. The van der Waals surface area contributed by atoms with E-state index >= 15 is 0 Å². The second-order valence-corrected chi connectivity index (χ2v) is 3.80. The zero-order chi connectivity index (χ0) is 9.84. The maximum atomic E-state index is 9.64. The minimum Gasteiger partial charge on any atom is -0.480 e. The molecule has 0 aliphatic rings. The zero-order valence-electron chi connectivity index (χ0n) is 7.94. The maximum Gasteiger partial charge on any atom is 0.225 e. The van der Waals surface area contributed by atoms with Gasteiger partial charge in [-0.15, -0.1) is 0 Å². The standard InChI is InChI=1S/C9H13NO2S/c1-6(2)4-7(11)8-5-9(12-3)10-13-8/h4-5,7,11H,1-3H3. The molecule has 0 radical (unpaired) electrons. The van der Waals surface area contributed by atoms with Crippen molar-refractivity contribution in [3.05, 3.63) is 22.6 Å². The number of nitrogens with zero attached hydrogens (tertiary/aromatic N) is 1. The van der Waals surface area contributed by atoms with Gasteiger partial charge >= 0.3 is 0 Å². The van der Waals surface area contributed by atoms with Crippen LogP contribution in [0.4, 0.5) is 0 Å². The molecular weight excluding hydrogens is 186 g/mol. The van der Waals surface area contributed by atoms with Crippen LogP contribution in [0.3, 0.4) is 0 Å². The van der Waals surface area contributed by atoms with E-state index in [1.807, 2.05) is 13.8 Å². The first kappa shape index (κ1) is 10.2. The van der Waals surface area contributed by atoms with Crippen LogP contribution in [-0.4, -0.2) is 16.6 Å². The van der Waals surface area contributed by atoms with Crippen molar-refractivity contribution in [1.82, 2.24) is 4.37 Å². The summed E-state index contributed by atoms with van der Waals surface area (Å²) in [6, 6.07) is 1.74. The van der Waals surface area contributed by atoms with Crippen molar-refractivity contribution in [2.75, 3.05) is 7.11 Å². The summed E-state index contributed by atoms with van der Waals surface area (Å²) in [6.07, 6.45) is 1.22. The van der Waals surface area contributed by atoms with Gasteiger partial charge in [0.05, 0.1) is 12.0 Å². The van der Waals surface area contributed by atoms with Gasteiger partial charge in [0.1, 0.15) is 6.10 Å². The monoisotopic (exact) mass is 199 g/mol. The Morgan fingerprint density at radius 1 is 1.69 bits per heavy atom. The summed E-state index contributed by atoms with van der Waals surface area (Å²) in [5.41, 5.74) is 1.08. The number of methoxy groups -OCH3 is 1. The van der Waals surface area contributed by atoms with E-state index in [9.17, 15) is 5.11 Å². The number of aromatic nitrogens is 1. The maximum absolute atomic E-state index is 9.64. The van der Waals surface area contributed by atoms with Crippen LogP contribution in [0, 0.1) is 0 Å². The van der Waals surface area contributed by atoms with Crippen molar-refractivity contribution in [2.45, 2.75) is 20.0 Å². The summed E-state index contributed by atoms with van der Waals surface area (Å²) in [6.45, 7) is 3.89. The molecule has 0 aromatic carbocycles. The van der Waals surface area contributed by atoms with Crippen molar-refractivity contribution >= 4 is 11.5 Å². The molecule has 0 saturated heterocycles. The van der Waals surface area contributed by atoms with Crippen molar-refractivity contribution in [2.24, 2.45) is 0 Å². The Labute approximate surface area is 81.8 Å². The molecule has 1 atom stereocenters. The Balaban J connectivity index is 2.77. The average Bonchev–Trinajstić information content (AvgIpc) is 2.50. The molecule has 0 aliphatic carbocycles. The Morgan fingerprint density at radius 2 is 2.38 bits per heavy atom. The van der Waals surface area contributed by atoms with Crippen LogP contribution in [0.1, 0.15) is 24.8 Å². The summed E-state index contributed by atoms with van der Waals surface area (Å²) < 4.78 is 8.91. The first-order valence-electron chi connectivity index (χ1n) is 3.97. The smallest absolute Gasteiger partial charge is 0.225 e.